The van der Waals surface area contributed by atoms with Crippen molar-refractivity contribution in [2.75, 3.05) is 18.4 Å². The summed E-state index contributed by atoms with van der Waals surface area (Å²) >= 11 is 0. The van der Waals surface area contributed by atoms with Crippen molar-refractivity contribution in [3.63, 3.8) is 0 Å². The van der Waals surface area contributed by atoms with Crippen LogP contribution < -0.4 is 5.32 Å². The number of amides is 1. The second-order valence-corrected chi connectivity index (χ2v) is 8.47. The lowest BCUT2D eigenvalue weighted by molar-refractivity contribution is -0.116. The number of benzene rings is 1. The summed E-state index contributed by atoms with van der Waals surface area (Å²) in [6.45, 7) is 11.6. The number of nitrogens with one attached hydrogen (secondary N) is 1. The molecule has 0 spiro atoms. The number of anilines is 1. The Balaban J connectivity index is 2.25. The molecule has 0 bridgehead atoms. The van der Waals surface area contributed by atoms with Crippen LogP contribution in [0.3, 0.4) is 0 Å². The van der Waals surface area contributed by atoms with Gasteiger partial charge in [-0.15, -0.1) is 0 Å². The molecule has 1 N–H and O–H groups in total. The zero-order valence-electron chi connectivity index (χ0n) is 16.8. The van der Waals surface area contributed by atoms with Crippen LogP contribution >= 0.6 is 0 Å². The highest BCUT2D eigenvalue weighted by atomic mass is 32.2. The molecule has 2 rings (SSSR count). The van der Waals surface area contributed by atoms with Crippen LogP contribution in [0.4, 0.5) is 5.69 Å². The zero-order valence-corrected chi connectivity index (χ0v) is 17.6. The maximum Gasteiger partial charge on any atom is 0.246 e. The SMILES string of the molecule is CCN(CC)S(=O)(=O)c1c(C)nn(CC(=O)Nc2ccc(C)c(C)c2)c1C. The largest absolute Gasteiger partial charge is 0.324 e. The van der Waals surface area contributed by atoms with Gasteiger partial charge in [0, 0.05) is 18.8 Å². The number of nitrogens with zero attached hydrogens (tertiary/aromatic N) is 3. The Morgan fingerprint density at radius 1 is 1.11 bits per heavy atom. The number of aromatic nitrogens is 2. The van der Waals surface area contributed by atoms with Crippen molar-refractivity contribution in [3.05, 3.63) is 40.7 Å². The van der Waals surface area contributed by atoms with E-state index < -0.39 is 10.0 Å². The van der Waals surface area contributed by atoms with Crippen LogP contribution in [0, 0.1) is 27.7 Å². The molecule has 1 aromatic heterocycles. The van der Waals surface area contributed by atoms with Crippen LogP contribution in [0.25, 0.3) is 0 Å². The molecule has 7 nitrogen and oxygen atoms in total. The molecule has 1 amide bonds. The molecule has 27 heavy (non-hydrogen) atoms. The zero-order chi connectivity index (χ0) is 20.4. The molecule has 0 saturated carbocycles. The number of sulfonamides is 1. The van der Waals surface area contributed by atoms with Crippen LogP contribution in [0.1, 0.15) is 36.4 Å². The molecule has 0 radical (unpaired) electrons. The van der Waals surface area contributed by atoms with E-state index in [0.717, 1.165) is 11.1 Å². The highest BCUT2D eigenvalue weighted by Crippen LogP contribution is 2.23. The van der Waals surface area contributed by atoms with E-state index >= 15 is 0 Å². The van der Waals surface area contributed by atoms with Crippen molar-refractivity contribution in [1.82, 2.24) is 14.1 Å². The fraction of sp³-hybridized carbons (Fsp3) is 0.474. The summed E-state index contributed by atoms with van der Waals surface area (Å²) in [6.07, 6.45) is 0. The first-order valence-corrected chi connectivity index (χ1v) is 10.5. The molecule has 0 unspecified atom stereocenters. The van der Waals surface area contributed by atoms with Gasteiger partial charge in [0.15, 0.2) is 0 Å². The van der Waals surface area contributed by atoms with Gasteiger partial charge in [0.25, 0.3) is 0 Å². The number of aryl methyl sites for hydroxylation is 3. The average Bonchev–Trinajstić information content (AvgIpc) is 2.86. The Morgan fingerprint density at radius 2 is 1.74 bits per heavy atom. The Labute approximate surface area is 161 Å². The van der Waals surface area contributed by atoms with E-state index in [2.05, 4.69) is 10.4 Å². The lowest BCUT2D eigenvalue weighted by atomic mass is 10.1. The highest BCUT2D eigenvalue weighted by molar-refractivity contribution is 7.89. The van der Waals surface area contributed by atoms with Gasteiger partial charge in [-0.1, -0.05) is 19.9 Å². The number of hydrogen-bond donors (Lipinski definition) is 1. The highest BCUT2D eigenvalue weighted by Gasteiger charge is 2.29. The van der Waals surface area contributed by atoms with Gasteiger partial charge in [0.05, 0.1) is 11.4 Å². The maximum absolute atomic E-state index is 12.9. The quantitative estimate of drug-likeness (QED) is 0.785. The van der Waals surface area contributed by atoms with Crippen LogP contribution in [0.15, 0.2) is 23.1 Å². The second-order valence-electron chi connectivity index (χ2n) is 6.59. The first-order valence-electron chi connectivity index (χ1n) is 9.03. The number of rotatable bonds is 7. The van der Waals surface area contributed by atoms with E-state index in [9.17, 15) is 13.2 Å². The number of hydrogen-bond acceptors (Lipinski definition) is 4. The molecule has 0 saturated heterocycles. The Morgan fingerprint density at radius 3 is 2.30 bits per heavy atom. The molecule has 0 fully saturated rings. The summed E-state index contributed by atoms with van der Waals surface area (Å²) in [5, 5.41) is 7.13. The van der Waals surface area contributed by atoms with Crippen molar-refractivity contribution in [1.29, 1.82) is 0 Å². The Bertz CT molecular complexity index is 944. The van der Waals surface area contributed by atoms with E-state index in [1.54, 1.807) is 27.7 Å². The third-order valence-corrected chi connectivity index (χ3v) is 7.01. The third kappa shape index (κ3) is 4.39. The van der Waals surface area contributed by atoms with Gasteiger partial charge in [0.1, 0.15) is 11.4 Å². The van der Waals surface area contributed by atoms with Crippen LogP contribution in [0.2, 0.25) is 0 Å². The standard InChI is InChI=1S/C19H28N4O3S/c1-7-22(8-2)27(25,26)19-15(5)21-23(16(19)6)12-18(24)20-17-10-9-13(3)14(4)11-17/h9-11H,7-8,12H2,1-6H3,(H,20,24). The van der Waals surface area contributed by atoms with Crippen LogP contribution in [-0.2, 0) is 21.4 Å². The molecule has 0 atom stereocenters. The molecule has 0 aliphatic heterocycles. The summed E-state index contributed by atoms with van der Waals surface area (Å²) < 4.78 is 28.6. The van der Waals surface area contributed by atoms with Gasteiger partial charge in [-0.2, -0.15) is 9.40 Å². The molecule has 148 valence electrons. The smallest absolute Gasteiger partial charge is 0.246 e. The van der Waals surface area contributed by atoms with Crippen LogP contribution in [-0.4, -0.2) is 41.5 Å². The molecule has 2 aromatic rings. The Kier molecular flexibility index (Phi) is 6.43. The van der Waals surface area contributed by atoms with Gasteiger partial charge in [-0.3, -0.25) is 9.48 Å². The summed E-state index contributed by atoms with van der Waals surface area (Å²) in [5.41, 5.74) is 3.82. The van der Waals surface area contributed by atoms with Gasteiger partial charge in [0.2, 0.25) is 15.9 Å². The molecule has 1 aromatic carbocycles. The number of carbonyl (C=O) groups excluding carboxylic acids is 1. The predicted octanol–water partition coefficient (Wildman–Crippen LogP) is 2.79. The molecule has 0 aliphatic carbocycles. The van der Waals surface area contributed by atoms with E-state index in [4.69, 9.17) is 0 Å². The van der Waals surface area contributed by atoms with Gasteiger partial charge >= 0.3 is 0 Å². The summed E-state index contributed by atoms with van der Waals surface area (Å²) in [6, 6.07) is 5.70. The van der Waals surface area contributed by atoms with Crippen molar-refractivity contribution in [3.8, 4) is 0 Å². The minimum absolute atomic E-state index is 0.0482. The van der Waals surface area contributed by atoms with Crippen molar-refractivity contribution in [2.24, 2.45) is 0 Å². The minimum Gasteiger partial charge on any atom is -0.324 e. The van der Waals surface area contributed by atoms with Crippen molar-refractivity contribution < 1.29 is 13.2 Å². The van der Waals surface area contributed by atoms with Gasteiger partial charge in [-0.25, -0.2) is 8.42 Å². The summed E-state index contributed by atoms with van der Waals surface area (Å²) in [7, 11) is -3.63. The predicted molar refractivity (Wildman–Crippen MR) is 106 cm³/mol. The van der Waals surface area contributed by atoms with E-state index in [1.165, 1.54) is 8.99 Å². The summed E-state index contributed by atoms with van der Waals surface area (Å²) in [4.78, 5) is 12.6. The Hall–Kier alpha value is -2.19. The van der Waals surface area contributed by atoms with Crippen molar-refractivity contribution in [2.45, 2.75) is 53.0 Å². The van der Waals surface area contributed by atoms with E-state index in [-0.39, 0.29) is 17.3 Å². The average molecular weight is 393 g/mol. The minimum atomic E-state index is -3.63. The van der Waals surface area contributed by atoms with Gasteiger partial charge < -0.3 is 5.32 Å². The maximum atomic E-state index is 12.9. The fourth-order valence-corrected chi connectivity index (χ4v) is 4.89. The first kappa shape index (κ1) is 21.1. The third-order valence-electron chi connectivity index (χ3n) is 4.70. The lowest BCUT2D eigenvalue weighted by Crippen LogP contribution is -2.31. The van der Waals surface area contributed by atoms with Crippen LogP contribution in [0.5, 0.6) is 0 Å². The van der Waals surface area contributed by atoms with Crippen molar-refractivity contribution >= 4 is 21.6 Å². The lowest BCUT2D eigenvalue weighted by Gasteiger charge is -2.18. The monoisotopic (exact) mass is 392 g/mol. The molecular formula is C19H28N4O3S. The topological polar surface area (TPSA) is 84.3 Å². The fourth-order valence-electron chi connectivity index (χ4n) is 3.06. The number of carbonyl (C=O) groups is 1. The molecular weight excluding hydrogens is 364 g/mol. The van der Waals surface area contributed by atoms with E-state index in [0.29, 0.717) is 30.2 Å². The van der Waals surface area contributed by atoms with E-state index in [1.807, 2.05) is 32.0 Å². The van der Waals surface area contributed by atoms with Gasteiger partial charge in [-0.05, 0) is 51.0 Å². The normalized spacial score (nSPS) is 11.8. The second kappa shape index (κ2) is 8.22. The molecule has 1 heterocycles. The summed E-state index contributed by atoms with van der Waals surface area (Å²) in [5.74, 6) is -0.254. The molecule has 8 heteroatoms. The first-order chi connectivity index (χ1) is 12.6. The molecule has 0 aliphatic rings.